The van der Waals surface area contributed by atoms with E-state index in [1.807, 2.05) is 18.2 Å². The Morgan fingerprint density at radius 1 is 1.02 bits per heavy atom. The van der Waals surface area contributed by atoms with Crippen LogP contribution in [0.3, 0.4) is 0 Å². The van der Waals surface area contributed by atoms with Gasteiger partial charge in [-0.25, -0.2) is 0 Å². The number of alkyl halides is 3. The number of hydrogen-bond donors (Lipinski definition) is 2. The van der Waals surface area contributed by atoms with E-state index < -0.39 is 29.2 Å². The molecule has 3 N–H and O–H groups in total. The Kier molecular flexibility index (Phi) is 9.69. The van der Waals surface area contributed by atoms with Crippen LogP contribution in [0.4, 0.5) is 13.2 Å². The van der Waals surface area contributed by atoms with E-state index in [1.165, 1.54) is 6.08 Å². The Morgan fingerprint density at radius 2 is 1.68 bits per heavy atom. The lowest BCUT2D eigenvalue weighted by molar-refractivity contribution is -0.137. The van der Waals surface area contributed by atoms with Gasteiger partial charge in [-0.3, -0.25) is 9.59 Å². The molecule has 1 aliphatic carbocycles. The van der Waals surface area contributed by atoms with E-state index >= 15 is 0 Å². The SMILES string of the molecule is CC1=CC(C(F)(F)F)=CC=C(OC(C)(C)C(=O)N/C(C)=C(/Cc2ccc(Cl)cc2)c2cccc(C(N)=O)c2)CC1. The molecule has 0 unspecified atom stereocenters. The summed E-state index contributed by atoms with van der Waals surface area (Å²) in [4.78, 5) is 25.2. The maximum absolute atomic E-state index is 13.4. The van der Waals surface area contributed by atoms with Gasteiger partial charge in [0.05, 0.1) is 11.3 Å². The Balaban J connectivity index is 1.91. The first kappa shape index (κ1) is 30.8. The zero-order valence-electron chi connectivity index (χ0n) is 22.8. The van der Waals surface area contributed by atoms with Crippen molar-refractivity contribution in [3.05, 3.63) is 111 Å². The standard InChI is InChI=1S/C31H32ClF3N2O3/c1-19-8-14-26(15-11-24(16-19)31(33,34)35)40-30(3,4)29(39)37-20(2)27(17-21-9-12-25(32)13-10-21)22-6-5-7-23(18-22)28(36)38/h5-7,9-13,15-16,18H,8,14,17H2,1-4H3,(H2,36,38)(H,37,39)/b19-16?,24-11?,26-15?,27-20-. The number of ether oxygens (including phenoxy) is 1. The lowest BCUT2D eigenvalue weighted by atomic mass is 9.94. The van der Waals surface area contributed by atoms with Crippen molar-refractivity contribution in [2.45, 2.75) is 58.7 Å². The highest BCUT2D eigenvalue weighted by Crippen LogP contribution is 2.31. The molecule has 0 saturated heterocycles. The van der Waals surface area contributed by atoms with Gasteiger partial charge in [-0.2, -0.15) is 13.2 Å². The quantitative estimate of drug-likeness (QED) is 0.345. The summed E-state index contributed by atoms with van der Waals surface area (Å²) in [7, 11) is 0. The van der Waals surface area contributed by atoms with Crippen LogP contribution < -0.4 is 11.1 Å². The second-order valence-corrected chi connectivity index (χ2v) is 10.6. The number of benzene rings is 2. The molecular formula is C31H32ClF3N2O3. The fourth-order valence-corrected chi connectivity index (χ4v) is 4.25. The summed E-state index contributed by atoms with van der Waals surface area (Å²) in [6.45, 7) is 6.47. The fraction of sp³-hybridized carbons (Fsp3) is 0.290. The summed E-state index contributed by atoms with van der Waals surface area (Å²) >= 11 is 6.04. The van der Waals surface area contributed by atoms with Crippen molar-refractivity contribution in [1.82, 2.24) is 5.32 Å². The van der Waals surface area contributed by atoms with Crippen molar-refractivity contribution in [2.24, 2.45) is 5.73 Å². The maximum Gasteiger partial charge on any atom is 0.416 e. The summed E-state index contributed by atoms with van der Waals surface area (Å²) in [5, 5.41) is 3.48. The van der Waals surface area contributed by atoms with E-state index in [1.54, 1.807) is 58.0 Å². The van der Waals surface area contributed by atoms with Gasteiger partial charge in [0.15, 0.2) is 5.60 Å². The predicted octanol–water partition coefficient (Wildman–Crippen LogP) is 7.44. The molecule has 0 radical (unpaired) electrons. The number of nitrogens with one attached hydrogen (secondary N) is 1. The van der Waals surface area contributed by atoms with Crippen molar-refractivity contribution in [1.29, 1.82) is 0 Å². The number of allylic oxidation sites excluding steroid dienone is 8. The summed E-state index contributed by atoms with van der Waals surface area (Å²) in [5.74, 6) is -0.796. The average Bonchev–Trinajstić information content (AvgIpc) is 2.87. The monoisotopic (exact) mass is 572 g/mol. The van der Waals surface area contributed by atoms with Gasteiger partial charge in [0.2, 0.25) is 5.91 Å². The topological polar surface area (TPSA) is 81.4 Å². The zero-order valence-corrected chi connectivity index (χ0v) is 23.5. The minimum absolute atomic E-state index is 0.270. The first-order valence-electron chi connectivity index (χ1n) is 12.7. The largest absolute Gasteiger partial charge is 0.482 e. The van der Waals surface area contributed by atoms with Crippen LogP contribution in [0.1, 0.15) is 62.0 Å². The molecule has 0 heterocycles. The van der Waals surface area contributed by atoms with Gasteiger partial charge in [0.25, 0.3) is 5.91 Å². The third kappa shape index (κ3) is 8.36. The van der Waals surface area contributed by atoms with Crippen molar-refractivity contribution in [3.8, 4) is 0 Å². The van der Waals surface area contributed by atoms with Crippen LogP contribution in [0, 0.1) is 0 Å². The molecule has 2 aromatic rings. The summed E-state index contributed by atoms with van der Waals surface area (Å²) in [6.07, 6.45) is -0.0307. The zero-order chi connectivity index (χ0) is 29.7. The minimum atomic E-state index is -4.50. The van der Waals surface area contributed by atoms with Crippen molar-refractivity contribution in [3.63, 3.8) is 0 Å². The molecule has 0 fully saturated rings. The van der Waals surface area contributed by atoms with Gasteiger partial charge in [0.1, 0.15) is 0 Å². The van der Waals surface area contributed by atoms with Crippen LogP contribution in [-0.2, 0) is 16.0 Å². The van der Waals surface area contributed by atoms with Crippen LogP contribution in [0.25, 0.3) is 5.57 Å². The number of nitrogens with two attached hydrogens (primary N) is 1. The molecule has 2 amide bonds. The van der Waals surface area contributed by atoms with Gasteiger partial charge in [0, 0.05) is 22.7 Å². The minimum Gasteiger partial charge on any atom is -0.482 e. The molecule has 0 saturated carbocycles. The maximum atomic E-state index is 13.4. The molecule has 0 atom stereocenters. The molecule has 9 heteroatoms. The van der Waals surface area contributed by atoms with Crippen LogP contribution in [0.15, 0.2) is 89.4 Å². The van der Waals surface area contributed by atoms with Crippen LogP contribution in [-0.4, -0.2) is 23.6 Å². The van der Waals surface area contributed by atoms with Crippen LogP contribution in [0.2, 0.25) is 5.02 Å². The number of carbonyl (C=O) groups excluding carboxylic acids is 2. The van der Waals surface area contributed by atoms with Gasteiger partial charge < -0.3 is 15.8 Å². The third-order valence-electron chi connectivity index (χ3n) is 6.42. The highest BCUT2D eigenvalue weighted by atomic mass is 35.5. The molecule has 1 aliphatic rings. The molecular weight excluding hydrogens is 541 g/mol. The molecule has 0 aliphatic heterocycles. The Morgan fingerprint density at radius 3 is 2.30 bits per heavy atom. The predicted molar refractivity (Wildman–Crippen MR) is 151 cm³/mol. The molecule has 0 spiro atoms. The lowest BCUT2D eigenvalue weighted by Gasteiger charge is -2.28. The second-order valence-electron chi connectivity index (χ2n) is 10.2. The number of hydrogen-bond acceptors (Lipinski definition) is 3. The number of primary amides is 1. The first-order chi connectivity index (χ1) is 18.7. The van der Waals surface area contributed by atoms with Gasteiger partial charge >= 0.3 is 6.18 Å². The third-order valence-corrected chi connectivity index (χ3v) is 6.67. The molecule has 212 valence electrons. The van der Waals surface area contributed by atoms with Crippen molar-refractivity contribution < 1.29 is 27.5 Å². The van der Waals surface area contributed by atoms with Gasteiger partial charge in [-0.15, -0.1) is 0 Å². The smallest absolute Gasteiger partial charge is 0.416 e. The number of halogens is 4. The Labute approximate surface area is 237 Å². The Bertz CT molecular complexity index is 1400. The van der Waals surface area contributed by atoms with Crippen molar-refractivity contribution >= 4 is 29.0 Å². The number of rotatable bonds is 8. The number of carbonyl (C=O) groups is 2. The van der Waals surface area contributed by atoms with Gasteiger partial charge in [-0.05, 0) is 93.7 Å². The summed E-state index contributed by atoms with van der Waals surface area (Å²) in [5.41, 5.74) is 7.04. The average molecular weight is 573 g/mol. The molecule has 2 aromatic carbocycles. The highest BCUT2D eigenvalue weighted by molar-refractivity contribution is 6.30. The fourth-order valence-electron chi connectivity index (χ4n) is 4.12. The van der Waals surface area contributed by atoms with E-state index in [9.17, 15) is 22.8 Å². The van der Waals surface area contributed by atoms with E-state index in [0.29, 0.717) is 46.7 Å². The normalized spacial score (nSPS) is 15.1. The highest BCUT2D eigenvalue weighted by Gasteiger charge is 2.34. The molecule has 0 aromatic heterocycles. The summed E-state index contributed by atoms with van der Waals surface area (Å²) in [6, 6.07) is 14.0. The Hall–Kier alpha value is -3.78. The summed E-state index contributed by atoms with van der Waals surface area (Å²) < 4.78 is 46.0. The van der Waals surface area contributed by atoms with E-state index in [4.69, 9.17) is 22.1 Å². The molecule has 0 bridgehead atoms. The second kappa shape index (κ2) is 12.6. The van der Waals surface area contributed by atoms with Crippen LogP contribution >= 0.6 is 11.6 Å². The van der Waals surface area contributed by atoms with Crippen LogP contribution in [0.5, 0.6) is 0 Å². The number of amides is 2. The van der Waals surface area contributed by atoms with Gasteiger partial charge in [-0.1, -0.05) is 47.5 Å². The molecule has 3 rings (SSSR count). The van der Waals surface area contributed by atoms with E-state index in [0.717, 1.165) is 23.3 Å². The lowest BCUT2D eigenvalue weighted by Crippen LogP contribution is -2.43. The van der Waals surface area contributed by atoms with Crippen molar-refractivity contribution in [2.75, 3.05) is 0 Å². The molecule has 40 heavy (non-hydrogen) atoms. The first-order valence-corrected chi connectivity index (χ1v) is 13.0. The molecule has 5 nitrogen and oxygen atoms in total. The van der Waals surface area contributed by atoms with E-state index in [2.05, 4.69) is 5.32 Å². The van der Waals surface area contributed by atoms with E-state index in [-0.39, 0.29) is 5.76 Å².